The molecule has 0 bridgehead atoms. The first-order valence-electron chi connectivity index (χ1n) is 7.47. The van der Waals surface area contributed by atoms with Crippen LogP contribution in [0.2, 0.25) is 0 Å². The van der Waals surface area contributed by atoms with E-state index >= 15 is 0 Å². The number of ether oxygens (including phenoxy) is 1. The Morgan fingerprint density at radius 2 is 1.89 bits per heavy atom. The minimum absolute atomic E-state index is 0.555. The summed E-state index contributed by atoms with van der Waals surface area (Å²) in [6, 6.07) is 10.8. The number of methoxy groups -OCH3 is 1. The van der Waals surface area contributed by atoms with Crippen LogP contribution in [0, 0.1) is 5.92 Å². The first-order valence-corrected chi connectivity index (χ1v) is 7.47. The molecule has 0 radical (unpaired) electrons. The van der Waals surface area contributed by atoms with Gasteiger partial charge in [0.25, 0.3) is 0 Å². The van der Waals surface area contributed by atoms with Crippen LogP contribution in [0.25, 0.3) is 0 Å². The average Bonchev–Trinajstić information content (AvgIpc) is 2.87. The Morgan fingerprint density at radius 3 is 2.67 bits per heavy atom. The Bertz CT molecular complexity index is 320. The number of unbranched alkanes of at least 4 members (excludes halogenated alkanes) is 2. The number of rotatable bonds is 7. The van der Waals surface area contributed by atoms with Gasteiger partial charge in [-0.15, -0.1) is 0 Å². The predicted octanol–water partition coefficient (Wildman–Crippen LogP) is 4.60. The maximum atomic E-state index is 5.55. The summed E-state index contributed by atoms with van der Waals surface area (Å²) in [6.07, 6.45) is 11.3. The van der Waals surface area contributed by atoms with E-state index in [-0.39, 0.29) is 0 Å². The van der Waals surface area contributed by atoms with Gasteiger partial charge in [0.1, 0.15) is 0 Å². The molecule has 0 saturated heterocycles. The summed E-state index contributed by atoms with van der Waals surface area (Å²) in [7, 11) is 1.87. The second kappa shape index (κ2) is 7.58. The first-order chi connectivity index (χ1) is 8.90. The van der Waals surface area contributed by atoms with Gasteiger partial charge >= 0.3 is 0 Å². The third-order valence-electron chi connectivity index (χ3n) is 4.28. The number of benzene rings is 1. The minimum Gasteiger partial charge on any atom is -0.381 e. The van der Waals surface area contributed by atoms with E-state index < -0.39 is 0 Å². The fourth-order valence-electron chi connectivity index (χ4n) is 3.20. The fraction of sp³-hybridized carbons (Fsp3) is 0.647. The zero-order valence-corrected chi connectivity index (χ0v) is 11.6. The fourth-order valence-corrected chi connectivity index (χ4v) is 3.20. The lowest BCUT2D eigenvalue weighted by Gasteiger charge is -2.17. The van der Waals surface area contributed by atoms with Gasteiger partial charge in [-0.05, 0) is 43.6 Å². The van der Waals surface area contributed by atoms with E-state index in [2.05, 4.69) is 30.3 Å². The maximum Gasteiger partial charge on any atom is 0.0599 e. The molecule has 0 aliphatic heterocycles. The van der Waals surface area contributed by atoms with Crippen molar-refractivity contribution in [3.63, 3.8) is 0 Å². The lowest BCUT2D eigenvalue weighted by atomic mass is 9.97. The molecule has 1 aromatic rings. The van der Waals surface area contributed by atoms with Crippen LogP contribution < -0.4 is 0 Å². The molecule has 0 amide bonds. The van der Waals surface area contributed by atoms with Crippen molar-refractivity contribution in [2.45, 2.75) is 57.5 Å². The Morgan fingerprint density at radius 1 is 1.06 bits per heavy atom. The predicted molar refractivity (Wildman–Crippen MR) is 76.8 cm³/mol. The molecule has 100 valence electrons. The smallest absolute Gasteiger partial charge is 0.0599 e. The standard InChI is InChI=1S/C17H26O/c1-18-17-14-8-13-16(17)12-7-3-6-11-15-9-4-2-5-10-15/h2,4-5,9-10,16-17H,3,6-8,11-14H2,1H3. The highest BCUT2D eigenvalue weighted by Crippen LogP contribution is 2.31. The first kappa shape index (κ1) is 13.6. The van der Waals surface area contributed by atoms with Crippen molar-refractivity contribution in [1.29, 1.82) is 0 Å². The molecule has 2 atom stereocenters. The zero-order valence-electron chi connectivity index (χ0n) is 11.6. The molecule has 1 fully saturated rings. The van der Waals surface area contributed by atoms with Gasteiger partial charge < -0.3 is 4.74 Å². The lowest BCUT2D eigenvalue weighted by Crippen LogP contribution is -2.15. The molecule has 0 aromatic heterocycles. The maximum absolute atomic E-state index is 5.55. The number of hydrogen-bond acceptors (Lipinski definition) is 1. The number of hydrogen-bond donors (Lipinski definition) is 0. The summed E-state index contributed by atoms with van der Waals surface area (Å²) < 4.78 is 5.55. The summed E-state index contributed by atoms with van der Waals surface area (Å²) in [5.74, 6) is 0.840. The summed E-state index contributed by atoms with van der Waals surface area (Å²) in [5, 5.41) is 0. The SMILES string of the molecule is COC1CCCC1CCCCCc1ccccc1. The molecule has 1 aliphatic rings. The van der Waals surface area contributed by atoms with E-state index in [1.807, 2.05) is 7.11 Å². The van der Waals surface area contributed by atoms with Crippen LogP contribution in [0.3, 0.4) is 0 Å². The topological polar surface area (TPSA) is 9.23 Å². The Labute approximate surface area is 112 Å². The molecule has 0 spiro atoms. The van der Waals surface area contributed by atoms with Crippen LogP contribution in [-0.4, -0.2) is 13.2 Å². The molecule has 1 aromatic carbocycles. The van der Waals surface area contributed by atoms with Crippen LogP contribution in [0.1, 0.15) is 50.5 Å². The molecule has 18 heavy (non-hydrogen) atoms. The van der Waals surface area contributed by atoms with Gasteiger partial charge in [-0.25, -0.2) is 0 Å². The third kappa shape index (κ3) is 4.13. The highest BCUT2D eigenvalue weighted by Gasteiger charge is 2.26. The Kier molecular flexibility index (Phi) is 5.73. The highest BCUT2D eigenvalue weighted by molar-refractivity contribution is 5.14. The summed E-state index contributed by atoms with van der Waals surface area (Å²) in [4.78, 5) is 0. The minimum atomic E-state index is 0.555. The molecule has 2 unspecified atom stereocenters. The van der Waals surface area contributed by atoms with Crippen LogP contribution in [-0.2, 0) is 11.2 Å². The van der Waals surface area contributed by atoms with Gasteiger partial charge in [-0.3, -0.25) is 0 Å². The highest BCUT2D eigenvalue weighted by atomic mass is 16.5. The monoisotopic (exact) mass is 246 g/mol. The quantitative estimate of drug-likeness (QED) is 0.639. The van der Waals surface area contributed by atoms with E-state index in [1.54, 1.807) is 0 Å². The molecular weight excluding hydrogens is 220 g/mol. The van der Waals surface area contributed by atoms with Gasteiger partial charge in [-0.2, -0.15) is 0 Å². The largest absolute Gasteiger partial charge is 0.381 e. The van der Waals surface area contributed by atoms with Crippen LogP contribution >= 0.6 is 0 Å². The van der Waals surface area contributed by atoms with Gasteiger partial charge in [0.15, 0.2) is 0 Å². The van der Waals surface area contributed by atoms with Crippen molar-refractivity contribution in [2.75, 3.05) is 7.11 Å². The van der Waals surface area contributed by atoms with Gasteiger partial charge in [0.05, 0.1) is 6.10 Å². The Balaban J connectivity index is 1.56. The molecule has 1 aliphatic carbocycles. The van der Waals surface area contributed by atoms with Crippen molar-refractivity contribution in [2.24, 2.45) is 5.92 Å². The molecule has 1 saturated carbocycles. The molecule has 1 nitrogen and oxygen atoms in total. The Hall–Kier alpha value is -0.820. The molecule has 0 heterocycles. The number of aryl methyl sites for hydroxylation is 1. The summed E-state index contributed by atoms with van der Waals surface area (Å²) >= 11 is 0. The summed E-state index contributed by atoms with van der Waals surface area (Å²) in [5.41, 5.74) is 1.48. The van der Waals surface area contributed by atoms with Crippen molar-refractivity contribution in [3.8, 4) is 0 Å². The van der Waals surface area contributed by atoms with Gasteiger partial charge in [-0.1, -0.05) is 49.6 Å². The van der Waals surface area contributed by atoms with Crippen LogP contribution in [0.4, 0.5) is 0 Å². The van der Waals surface area contributed by atoms with Crippen LogP contribution in [0.5, 0.6) is 0 Å². The van der Waals surface area contributed by atoms with Crippen molar-refractivity contribution >= 4 is 0 Å². The van der Waals surface area contributed by atoms with E-state index in [0.717, 1.165) is 5.92 Å². The van der Waals surface area contributed by atoms with E-state index in [9.17, 15) is 0 Å². The summed E-state index contributed by atoms with van der Waals surface area (Å²) in [6.45, 7) is 0. The second-order valence-electron chi connectivity index (χ2n) is 5.55. The lowest BCUT2D eigenvalue weighted by molar-refractivity contribution is 0.0671. The third-order valence-corrected chi connectivity index (χ3v) is 4.28. The van der Waals surface area contributed by atoms with E-state index in [1.165, 1.54) is 56.9 Å². The molecule has 2 rings (SSSR count). The van der Waals surface area contributed by atoms with Crippen molar-refractivity contribution in [3.05, 3.63) is 35.9 Å². The van der Waals surface area contributed by atoms with Crippen molar-refractivity contribution in [1.82, 2.24) is 0 Å². The zero-order chi connectivity index (χ0) is 12.6. The van der Waals surface area contributed by atoms with Gasteiger partial charge in [0.2, 0.25) is 0 Å². The average molecular weight is 246 g/mol. The van der Waals surface area contributed by atoms with Crippen molar-refractivity contribution < 1.29 is 4.74 Å². The molecule has 0 N–H and O–H groups in total. The normalized spacial score (nSPS) is 23.4. The molecular formula is C17H26O. The van der Waals surface area contributed by atoms with Crippen LogP contribution in [0.15, 0.2) is 30.3 Å². The van der Waals surface area contributed by atoms with E-state index in [0.29, 0.717) is 6.10 Å². The van der Waals surface area contributed by atoms with Gasteiger partial charge in [0, 0.05) is 7.11 Å². The second-order valence-corrected chi connectivity index (χ2v) is 5.55. The molecule has 1 heteroatoms. The van der Waals surface area contributed by atoms with E-state index in [4.69, 9.17) is 4.74 Å².